The van der Waals surface area contributed by atoms with Gasteiger partial charge in [0.15, 0.2) is 5.82 Å². The predicted octanol–water partition coefficient (Wildman–Crippen LogP) is 0.537. The van der Waals surface area contributed by atoms with E-state index in [0.717, 1.165) is 6.07 Å². The standard InChI is InChI=1S/C11H10ClFN2O4/c12-6-3-1-2-5(9(6)13)10(17)15-7(11(18)19)4-8(14)16/h1-3,7H,4H2,(H2,14,16)(H,15,17)(H,18,19)/t7-/m1/s1. The summed E-state index contributed by atoms with van der Waals surface area (Å²) in [5.41, 5.74) is 4.44. The van der Waals surface area contributed by atoms with Gasteiger partial charge in [-0.1, -0.05) is 17.7 Å². The molecule has 1 atom stereocenters. The van der Waals surface area contributed by atoms with E-state index in [1.54, 1.807) is 0 Å². The Kier molecular flexibility index (Phi) is 4.82. The molecule has 0 aromatic heterocycles. The van der Waals surface area contributed by atoms with Gasteiger partial charge in [0.2, 0.25) is 5.91 Å². The fraction of sp³-hybridized carbons (Fsp3) is 0.182. The molecule has 6 nitrogen and oxygen atoms in total. The van der Waals surface area contributed by atoms with Gasteiger partial charge < -0.3 is 16.2 Å². The van der Waals surface area contributed by atoms with Gasteiger partial charge in [-0.15, -0.1) is 0 Å². The molecule has 0 spiro atoms. The van der Waals surface area contributed by atoms with E-state index in [9.17, 15) is 18.8 Å². The highest BCUT2D eigenvalue weighted by atomic mass is 35.5. The monoisotopic (exact) mass is 288 g/mol. The maximum absolute atomic E-state index is 13.5. The van der Waals surface area contributed by atoms with E-state index in [1.165, 1.54) is 12.1 Å². The van der Waals surface area contributed by atoms with Crippen LogP contribution >= 0.6 is 11.6 Å². The maximum atomic E-state index is 13.5. The van der Waals surface area contributed by atoms with Crippen LogP contribution in [0.4, 0.5) is 4.39 Å². The lowest BCUT2D eigenvalue weighted by atomic mass is 10.1. The Hall–Kier alpha value is -2.15. The number of carboxylic acid groups (broad SMARTS) is 1. The largest absolute Gasteiger partial charge is 0.480 e. The number of hydrogen-bond donors (Lipinski definition) is 3. The van der Waals surface area contributed by atoms with E-state index in [2.05, 4.69) is 0 Å². The summed E-state index contributed by atoms with van der Waals surface area (Å²) < 4.78 is 13.5. The number of carboxylic acids is 1. The van der Waals surface area contributed by atoms with Crippen molar-refractivity contribution in [3.05, 3.63) is 34.6 Å². The lowest BCUT2D eigenvalue weighted by Gasteiger charge is -2.13. The van der Waals surface area contributed by atoms with Crippen LogP contribution in [0.25, 0.3) is 0 Å². The molecule has 1 aromatic rings. The number of carbonyl (C=O) groups excluding carboxylic acids is 2. The third kappa shape index (κ3) is 3.92. The van der Waals surface area contributed by atoms with Gasteiger partial charge in [-0.25, -0.2) is 9.18 Å². The summed E-state index contributed by atoms with van der Waals surface area (Å²) in [6.45, 7) is 0. The first-order valence-electron chi connectivity index (χ1n) is 5.09. The highest BCUT2D eigenvalue weighted by molar-refractivity contribution is 6.31. The fourth-order valence-corrected chi connectivity index (χ4v) is 1.49. The van der Waals surface area contributed by atoms with Crippen LogP contribution in [0, 0.1) is 5.82 Å². The van der Waals surface area contributed by atoms with Gasteiger partial charge in [-0.3, -0.25) is 9.59 Å². The zero-order chi connectivity index (χ0) is 14.6. The van der Waals surface area contributed by atoms with Gasteiger partial charge >= 0.3 is 5.97 Å². The fourth-order valence-electron chi connectivity index (χ4n) is 1.32. The van der Waals surface area contributed by atoms with E-state index in [4.69, 9.17) is 22.4 Å². The van der Waals surface area contributed by atoms with Crippen molar-refractivity contribution in [2.75, 3.05) is 0 Å². The van der Waals surface area contributed by atoms with Gasteiger partial charge in [-0.05, 0) is 12.1 Å². The van der Waals surface area contributed by atoms with Crippen LogP contribution in [0.1, 0.15) is 16.8 Å². The molecule has 4 N–H and O–H groups in total. The number of halogens is 2. The Bertz CT molecular complexity index is 535. The van der Waals surface area contributed by atoms with Crippen molar-refractivity contribution in [3.8, 4) is 0 Å². The molecule has 1 rings (SSSR count). The van der Waals surface area contributed by atoms with E-state index in [-0.39, 0.29) is 5.02 Å². The molecule has 0 heterocycles. The van der Waals surface area contributed by atoms with Gasteiger partial charge in [0.1, 0.15) is 6.04 Å². The van der Waals surface area contributed by atoms with Crippen molar-refractivity contribution in [1.29, 1.82) is 0 Å². The molecule has 0 aliphatic rings. The molecular weight excluding hydrogens is 279 g/mol. The lowest BCUT2D eigenvalue weighted by Crippen LogP contribution is -2.43. The molecule has 2 amide bonds. The summed E-state index contributed by atoms with van der Waals surface area (Å²) in [5.74, 6) is -4.31. The first kappa shape index (κ1) is 14.9. The number of carbonyl (C=O) groups is 3. The second kappa shape index (κ2) is 6.14. The molecule has 0 saturated heterocycles. The van der Waals surface area contributed by atoms with Crippen LogP contribution in [0.5, 0.6) is 0 Å². The van der Waals surface area contributed by atoms with E-state index in [1.807, 2.05) is 5.32 Å². The second-order valence-corrected chi connectivity index (χ2v) is 4.04. The smallest absolute Gasteiger partial charge is 0.326 e. The SMILES string of the molecule is NC(=O)C[C@@H](NC(=O)c1cccc(Cl)c1F)C(=O)O. The van der Waals surface area contributed by atoms with Crippen LogP contribution < -0.4 is 11.1 Å². The van der Waals surface area contributed by atoms with Crippen LogP contribution in [-0.2, 0) is 9.59 Å². The van der Waals surface area contributed by atoms with Gasteiger partial charge in [0.05, 0.1) is 17.0 Å². The molecule has 0 fully saturated rings. The Labute approximate surface area is 112 Å². The number of nitrogens with two attached hydrogens (primary N) is 1. The molecular formula is C11H10ClFN2O4. The first-order valence-corrected chi connectivity index (χ1v) is 5.46. The zero-order valence-electron chi connectivity index (χ0n) is 9.52. The number of hydrogen-bond acceptors (Lipinski definition) is 3. The summed E-state index contributed by atoms with van der Waals surface area (Å²) in [5, 5.41) is 10.5. The van der Waals surface area contributed by atoms with Crippen LogP contribution in [0.15, 0.2) is 18.2 Å². The predicted molar refractivity (Wildman–Crippen MR) is 64.1 cm³/mol. The maximum Gasteiger partial charge on any atom is 0.326 e. The average molecular weight is 289 g/mol. The van der Waals surface area contributed by atoms with E-state index < -0.39 is 41.6 Å². The summed E-state index contributed by atoms with van der Waals surface area (Å²) in [7, 11) is 0. The zero-order valence-corrected chi connectivity index (χ0v) is 10.3. The number of benzene rings is 1. The Morgan fingerprint density at radius 2 is 2.05 bits per heavy atom. The highest BCUT2D eigenvalue weighted by Crippen LogP contribution is 2.17. The number of aliphatic carboxylic acids is 1. The molecule has 8 heteroatoms. The highest BCUT2D eigenvalue weighted by Gasteiger charge is 2.24. The van der Waals surface area contributed by atoms with E-state index >= 15 is 0 Å². The minimum atomic E-state index is -1.52. The average Bonchev–Trinajstić information content (AvgIpc) is 2.31. The van der Waals surface area contributed by atoms with Crippen molar-refractivity contribution in [3.63, 3.8) is 0 Å². The summed E-state index contributed by atoms with van der Waals surface area (Å²) in [4.78, 5) is 33.2. The lowest BCUT2D eigenvalue weighted by molar-refractivity contribution is -0.140. The molecule has 0 radical (unpaired) electrons. The van der Waals surface area contributed by atoms with Gasteiger partial charge in [0, 0.05) is 0 Å². The number of primary amides is 1. The van der Waals surface area contributed by atoms with E-state index in [0.29, 0.717) is 0 Å². The third-order valence-electron chi connectivity index (χ3n) is 2.20. The van der Waals surface area contributed by atoms with Crippen molar-refractivity contribution in [2.45, 2.75) is 12.5 Å². The Morgan fingerprint density at radius 3 is 2.58 bits per heavy atom. The van der Waals surface area contributed by atoms with Crippen molar-refractivity contribution >= 4 is 29.4 Å². The second-order valence-electron chi connectivity index (χ2n) is 3.64. The van der Waals surface area contributed by atoms with Crippen molar-refractivity contribution < 1.29 is 23.9 Å². The van der Waals surface area contributed by atoms with Gasteiger partial charge in [-0.2, -0.15) is 0 Å². The summed E-state index contributed by atoms with van der Waals surface area (Å²) >= 11 is 5.50. The minimum absolute atomic E-state index is 0.269. The number of nitrogens with one attached hydrogen (secondary N) is 1. The summed E-state index contributed by atoms with van der Waals surface area (Å²) in [6, 6.07) is 2.19. The topological polar surface area (TPSA) is 109 Å². The third-order valence-corrected chi connectivity index (χ3v) is 2.50. The minimum Gasteiger partial charge on any atom is -0.480 e. The number of amides is 2. The molecule has 1 aromatic carbocycles. The molecule has 0 unspecified atom stereocenters. The Balaban J connectivity index is 2.91. The molecule has 0 saturated carbocycles. The van der Waals surface area contributed by atoms with Crippen molar-refractivity contribution in [2.24, 2.45) is 5.73 Å². The van der Waals surface area contributed by atoms with Crippen LogP contribution in [0.3, 0.4) is 0 Å². The molecule has 0 aliphatic carbocycles. The molecule has 19 heavy (non-hydrogen) atoms. The molecule has 0 aliphatic heterocycles. The molecule has 0 bridgehead atoms. The van der Waals surface area contributed by atoms with Crippen LogP contribution in [0.2, 0.25) is 5.02 Å². The van der Waals surface area contributed by atoms with Gasteiger partial charge in [0.25, 0.3) is 5.91 Å². The van der Waals surface area contributed by atoms with Crippen LogP contribution in [-0.4, -0.2) is 28.9 Å². The first-order chi connectivity index (χ1) is 8.82. The number of rotatable bonds is 5. The Morgan fingerprint density at radius 1 is 1.42 bits per heavy atom. The molecule has 102 valence electrons. The summed E-state index contributed by atoms with van der Waals surface area (Å²) in [6.07, 6.45) is -0.594. The normalized spacial score (nSPS) is 11.7. The quantitative estimate of drug-likeness (QED) is 0.734. The van der Waals surface area contributed by atoms with Crippen molar-refractivity contribution in [1.82, 2.24) is 5.32 Å².